The summed E-state index contributed by atoms with van der Waals surface area (Å²) >= 11 is 0. The minimum atomic E-state index is -0.543. The average Bonchev–Trinajstić information content (AvgIpc) is 2.70. The van der Waals surface area contributed by atoms with Crippen molar-refractivity contribution in [2.75, 3.05) is 5.73 Å². The van der Waals surface area contributed by atoms with Gasteiger partial charge in [-0.3, -0.25) is 20.3 Å². The first-order valence-electron chi connectivity index (χ1n) is 3.67. The van der Waals surface area contributed by atoms with Gasteiger partial charge < -0.3 is 5.73 Å². The van der Waals surface area contributed by atoms with E-state index in [1.807, 2.05) is 0 Å². The Morgan fingerprint density at radius 3 is 2.50 bits per heavy atom. The maximum absolute atomic E-state index is 10.6. The first kappa shape index (κ1) is 8.23. The largest absolute Gasteiger partial charge is 0.396 e. The molecule has 0 fully saturated rings. The molecule has 0 spiro atoms. The summed E-state index contributed by atoms with van der Waals surface area (Å²) in [5.41, 5.74) is 6.33. The Morgan fingerprint density at radius 2 is 1.93 bits per heavy atom. The van der Waals surface area contributed by atoms with Crippen molar-refractivity contribution < 1.29 is 4.92 Å². The van der Waals surface area contributed by atoms with Crippen molar-refractivity contribution >= 4 is 11.4 Å². The van der Waals surface area contributed by atoms with Gasteiger partial charge in [0.15, 0.2) is 5.69 Å². The number of aromatic nitrogens is 4. The fraction of sp³-hybridized carbons (Fsp3) is 0. The van der Waals surface area contributed by atoms with E-state index in [0.717, 1.165) is 6.20 Å². The van der Waals surface area contributed by atoms with E-state index >= 15 is 0 Å². The third-order valence-corrected chi connectivity index (χ3v) is 1.73. The fourth-order valence-corrected chi connectivity index (χ4v) is 1.10. The van der Waals surface area contributed by atoms with Gasteiger partial charge in [0.25, 0.3) is 0 Å². The molecule has 0 aromatic carbocycles. The number of nitrogens with one attached hydrogen (secondary N) is 2. The zero-order valence-electron chi connectivity index (χ0n) is 6.89. The Bertz CT molecular complexity index is 472. The van der Waals surface area contributed by atoms with Gasteiger partial charge in [-0.05, 0) is 0 Å². The van der Waals surface area contributed by atoms with Gasteiger partial charge in [0.1, 0.15) is 11.9 Å². The number of nitrogen functional groups attached to an aromatic ring is 1. The molecule has 4 N–H and O–H groups in total. The highest BCUT2D eigenvalue weighted by atomic mass is 16.6. The van der Waals surface area contributed by atoms with E-state index in [-0.39, 0.29) is 11.4 Å². The Labute approximate surface area is 77.3 Å². The molecule has 2 rings (SSSR count). The second kappa shape index (κ2) is 2.83. The number of nitrogens with zero attached hydrogens (tertiary/aromatic N) is 3. The summed E-state index contributed by atoms with van der Waals surface area (Å²) in [7, 11) is 0. The highest BCUT2D eigenvalue weighted by molar-refractivity contribution is 5.75. The summed E-state index contributed by atoms with van der Waals surface area (Å²) in [5, 5.41) is 22.8. The molecule has 0 bridgehead atoms. The average molecular weight is 194 g/mol. The SMILES string of the molecule is Nc1cn[nH]c1-c1[nH]ncc1[N+](=O)[O-]. The molecule has 2 heterocycles. The van der Waals surface area contributed by atoms with Crippen molar-refractivity contribution in [3.8, 4) is 11.4 Å². The zero-order valence-corrected chi connectivity index (χ0v) is 6.89. The molecule has 2 aromatic heterocycles. The quantitative estimate of drug-likeness (QED) is 0.467. The molecule has 0 atom stereocenters. The molecule has 0 amide bonds. The van der Waals surface area contributed by atoms with Crippen molar-refractivity contribution in [2.45, 2.75) is 0 Å². The molecule has 14 heavy (non-hydrogen) atoms. The number of H-pyrrole nitrogens is 2. The number of hydrogen-bond acceptors (Lipinski definition) is 5. The van der Waals surface area contributed by atoms with Crippen LogP contribution in [0.4, 0.5) is 11.4 Å². The van der Waals surface area contributed by atoms with E-state index in [2.05, 4.69) is 20.4 Å². The molecule has 0 aliphatic heterocycles. The highest BCUT2D eigenvalue weighted by Crippen LogP contribution is 2.28. The Hall–Kier alpha value is -2.38. The first-order chi connectivity index (χ1) is 6.70. The lowest BCUT2D eigenvalue weighted by atomic mass is 10.2. The summed E-state index contributed by atoms with van der Waals surface area (Å²) in [4.78, 5) is 10.0. The predicted octanol–water partition coefficient (Wildman–Crippen LogP) is 0.290. The van der Waals surface area contributed by atoms with Gasteiger partial charge in [0.05, 0.1) is 16.8 Å². The normalized spacial score (nSPS) is 10.3. The van der Waals surface area contributed by atoms with E-state index in [1.54, 1.807) is 0 Å². The third-order valence-electron chi connectivity index (χ3n) is 1.73. The van der Waals surface area contributed by atoms with Crippen LogP contribution in [0.15, 0.2) is 12.4 Å². The van der Waals surface area contributed by atoms with E-state index in [0.29, 0.717) is 11.4 Å². The summed E-state index contributed by atoms with van der Waals surface area (Å²) in [6, 6.07) is 0. The Morgan fingerprint density at radius 1 is 1.29 bits per heavy atom. The Balaban J connectivity index is 2.57. The maximum atomic E-state index is 10.6. The molecular weight excluding hydrogens is 188 g/mol. The van der Waals surface area contributed by atoms with Crippen LogP contribution in [0, 0.1) is 10.1 Å². The van der Waals surface area contributed by atoms with Crippen LogP contribution in [-0.4, -0.2) is 25.3 Å². The van der Waals surface area contributed by atoms with Crippen LogP contribution in [0.3, 0.4) is 0 Å². The van der Waals surface area contributed by atoms with Crippen LogP contribution in [0.1, 0.15) is 0 Å². The number of nitrogens with two attached hydrogens (primary N) is 1. The monoisotopic (exact) mass is 194 g/mol. The lowest BCUT2D eigenvalue weighted by Gasteiger charge is -1.93. The molecule has 72 valence electrons. The summed E-state index contributed by atoms with van der Waals surface area (Å²) < 4.78 is 0. The van der Waals surface area contributed by atoms with Gasteiger partial charge in [-0.15, -0.1) is 0 Å². The number of aromatic amines is 2. The van der Waals surface area contributed by atoms with Crippen LogP contribution >= 0.6 is 0 Å². The lowest BCUT2D eigenvalue weighted by molar-refractivity contribution is -0.384. The summed E-state index contributed by atoms with van der Waals surface area (Å²) in [6.07, 6.45) is 2.50. The highest BCUT2D eigenvalue weighted by Gasteiger charge is 2.20. The topological polar surface area (TPSA) is 127 Å². The molecule has 0 saturated carbocycles. The number of nitro groups is 1. The summed E-state index contributed by atoms with van der Waals surface area (Å²) in [6.45, 7) is 0. The molecular formula is C6H6N6O2. The van der Waals surface area contributed by atoms with Gasteiger partial charge in [0.2, 0.25) is 0 Å². The maximum Gasteiger partial charge on any atom is 0.316 e. The van der Waals surface area contributed by atoms with Crippen molar-refractivity contribution in [3.63, 3.8) is 0 Å². The van der Waals surface area contributed by atoms with Crippen LogP contribution in [0.25, 0.3) is 11.4 Å². The van der Waals surface area contributed by atoms with Crippen LogP contribution < -0.4 is 5.73 Å². The predicted molar refractivity (Wildman–Crippen MR) is 47.2 cm³/mol. The van der Waals surface area contributed by atoms with Crippen molar-refractivity contribution in [2.24, 2.45) is 0 Å². The fourth-order valence-electron chi connectivity index (χ4n) is 1.10. The van der Waals surface area contributed by atoms with Gasteiger partial charge in [-0.1, -0.05) is 0 Å². The molecule has 8 nitrogen and oxygen atoms in total. The molecule has 0 radical (unpaired) electrons. The second-order valence-electron chi connectivity index (χ2n) is 2.59. The molecule has 0 unspecified atom stereocenters. The van der Waals surface area contributed by atoms with Gasteiger partial charge >= 0.3 is 5.69 Å². The third kappa shape index (κ3) is 1.09. The van der Waals surface area contributed by atoms with Crippen LogP contribution in [-0.2, 0) is 0 Å². The number of anilines is 1. The van der Waals surface area contributed by atoms with Crippen molar-refractivity contribution in [1.82, 2.24) is 20.4 Å². The number of hydrogen-bond donors (Lipinski definition) is 3. The smallest absolute Gasteiger partial charge is 0.316 e. The van der Waals surface area contributed by atoms with Gasteiger partial charge in [-0.2, -0.15) is 10.2 Å². The minimum absolute atomic E-state index is 0.138. The van der Waals surface area contributed by atoms with E-state index < -0.39 is 4.92 Å². The van der Waals surface area contributed by atoms with E-state index in [4.69, 9.17) is 5.73 Å². The van der Waals surface area contributed by atoms with Crippen molar-refractivity contribution in [3.05, 3.63) is 22.5 Å². The molecule has 0 aliphatic rings. The van der Waals surface area contributed by atoms with Gasteiger partial charge in [0, 0.05) is 0 Å². The summed E-state index contributed by atoms with van der Waals surface area (Å²) in [5.74, 6) is 0. The first-order valence-corrected chi connectivity index (χ1v) is 3.67. The molecule has 0 saturated heterocycles. The number of rotatable bonds is 2. The van der Waals surface area contributed by atoms with E-state index in [1.165, 1.54) is 6.20 Å². The second-order valence-corrected chi connectivity index (χ2v) is 2.59. The molecule has 8 heteroatoms. The van der Waals surface area contributed by atoms with Crippen LogP contribution in [0.2, 0.25) is 0 Å². The van der Waals surface area contributed by atoms with Crippen molar-refractivity contribution in [1.29, 1.82) is 0 Å². The van der Waals surface area contributed by atoms with Gasteiger partial charge in [-0.25, -0.2) is 0 Å². The Kier molecular flexibility index (Phi) is 1.67. The van der Waals surface area contributed by atoms with E-state index in [9.17, 15) is 10.1 Å². The van der Waals surface area contributed by atoms with Crippen LogP contribution in [0.5, 0.6) is 0 Å². The zero-order chi connectivity index (χ0) is 10.1. The molecule has 2 aromatic rings. The lowest BCUT2D eigenvalue weighted by Crippen LogP contribution is -1.92. The standard InChI is InChI=1S/C6H6N6O2/c7-3-1-8-10-5(3)6-4(12(13)14)2-9-11-6/h1-2H,7H2,(H,8,10)(H,9,11). The minimum Gasteiger partial charge on any atom is -0.396 e. The molecule has 0 aliphatic carbocycles.